The maximum atomic E-state index is 11.7. The lowest BCUT2D eigenvalue weighted by molar-refractivity contribution is -0.246. The topological polar surface area (TPSA) is 112 Å². The summed E-state index contributed by atoms with van der Waals surface area (Å²) in [5.41, 5.74) is 0.478. The second-order valence-corrected chi connectivity index (χ2v) is 7.96. The molecule has 1 fully saturated rings. The van der Waals surface area contributed by atoms with Crippen LogP contribution in [0.5, 0.6) is 0 Å². The van der Waals surface area contributed by atoms with Gasteiger partial charge in [0.05, 0.1) is 16.8 Å². The van der Waals surface area contributed by atoms with Gasteiger partial charge >= 0.3 is 17.9 Å². The van der Waals surface area contributed by atoms with Crippen LogP contribution >= 0.6 is 35.4 Å². The maximum absolute atomic E-state index is 11.7. The molecule has 170 valence electrons. The van der Waals surface area contributed by atoms with Crippen LogP contribution in [0.15, 0.2) is 18.2 Å². The number of anilines is 1. The van der Waals surface area contributed by atoms with Gasteiger partial charge < -0.3 is 29.6 Å². The van der Waals surface area contributed by atoms with Crippen molar-refractivity contribution in [2.24, 2.45) is 0 Å². The fourth-order valence-electron chi connectivity index (χ4n) is 3.01. The van der Waals surface area contributed by atoms with Crippen LogP contribution in [0.1, 0.15) is 27.7 Å². The predicted molar refractivity (Wildman–Crippen MR) is 117 cm³/mol. The van der Waals surface area contributed by atoms with Gasteiger partial charge in [0.15, 0.2) is 29.7 Å². The number of carbonyl (C=O) groups is 3. The molecule has 1 saturated heterocycles. The van der Waals surface area contributed by atoms with Crippen molar-refractivity contribution in [1.82, 2.24) is 5.32 Å². The summed E-state index contributed by atoms with van der Waals surface area (Å²) < 4.78 is 21.8. The normalized spacial score (nSPS) is 25.2. The van der Waals surface area contributed by atoms with Crippen molar-refractivity contribution in [2.45, 2.75) is 58.3 Å². The molecule has 1 aliphatic rings. The van der Waals surface area contributed by atoms with Crippen molar-refractivity contribution in [2.75, 3.05) is 5.32 Å². The van der Waals surface area contributed by atoms with E-state index in [-0.39, 0.29) is 5.11 Å². The zero-order valence-corrected chi connectivity index (χ0v) is 19.5. The van der Waals surface area contributed by atoms with Gasteiger partial charge in [0.2, 0.25) is 0 Å². The summed E-state index contributed by atoms with van der Waals surface area (Å²) in [4.78, 5) is 35.0. The van der Waals surface area contributed by atoms with E-state index in [0.717, 1.165) is 0 Å². The first-order chi connectivity index (χ1) is 14.5. The third-order valence-electron chi connectivity index (χ3n) is 4.13. The van der Waals surface area contributed by atoms with Crippen molar-refractivity contribution in [3.8, 4) is 0 Å². The first kappa shape index (κ1) is 25.1. The molecule has 0 aromatic heterocycles. The first-order valence-electron chi connectivity index (χ1n) is 9.17. The number of hydrogen-bond acceptors (Lipinski definition) is 8. The lowest BCUT2D eigenvalue weighted by Gasteiger charge is -2.44. The van der Waals surface area contributed by atoms with E-state index in [1.807, 2.05) is 0 Å². The Hall–Kier alpha value is -2.14. The van der Waals surface area contributed by atoms with E-state index in [2.05, 4.69) is 10.6 Å². The minimum Gasteiger partial charge on any atom is -0.456 e. The van der Waals surface area contributed by atoms with Gasteiger partial charge in [0.25, 0.3) is 0 Å². The number of thiocarbonyl (C=S) groups is 1. The average Bonchev–Trinajstić information content (AvgIpc) is 2.62. The van der Waals surface area contributed by atoms with Crippen molar-refractivity contribution >= 4 is 64.1 Å². The van der Waals surface area contributed by atoms with Crippen LogP contribution in [0.3, 0.4) is 0 Å². The fourth-order valence-corrected chi connectivity index (χ4v) is 3.69. The molecular formula is C19H22Cl2N2O7S. The average molecular weight is 493 g/mol. The van der Waals surface area contributed by atoms with Crippen molar-refractivity contribution in [3.63, 3.8) is 0 Å². The number of halogens is 2. The Morgan fingerprint density at radius 1 is 0.968 bits per heavy atom. The van der Waals surface area contributed by atoms with Gasteiger partial charge in [0.1, 0.15) is 0 Å². The van der Waals surface area contributed by atoms with Crippen LogP contribution < -0.4 is 10.6 Å². The molecule has 1 aliphatic heterocycles. The minimum absolute atomic E-state index is 0.0890. The molecule has 0 aliphatic carbocycles. The van der Waals surface area contributed by atoms with E-state index >= 15 is 0 Å². The Kier molecular flexibility index (Phi) is 8.87. The Morgan fingerprint density at radius 3 is 2.06 bits per heavy atom. The third kappa shape index (κ3) is 7.20. The zero-order valence-electron chi connectivity index (χ0n) is 17.1. The van der Waals surface area contributed by atoms with E-state index in [1.165, 1.54) is 26.8 Å². The summed E-state index contributed by atoms with van der Waals surface area (Å²) in [6.07, 6.45) is -5.05. The number of nitrogens with one attached hydrogen (secondary N) is 2. The van der Waals surface area contributed by atoms with Gasteiger partial charge in [-0.15, -0.1) is 0 Å². The number of esters is 3. The van der Waals surface area contributed by atoms with Gasteiger partial charge in [-0.25, -0.2) is 0 Å². The van der Waals surface area contributed by atoms with Crippen LogP contribution in [-0.4, -0.2) is 53.7 Å². The standard InChI is InChI=1S/C19H22Cl2N2O7S/c1-8-15(28-9(2)24)16(29-10(3)25)17(30-11(4)26)18(27-8)23-19(31)22-14-6-5-12(20)7-13(14)21/h5-8,15-18H,1-4H3,(H2,22,23,31)/t8-,15-,16+,17+,18+/m0/s1. The van der Waals surface area contributed by atoms with Crippen LogP contribution in [0.2, 0.25) is 10.0 Å². The second-order valence-electron chi connectivity index (χ2n) is 6.71. The van der Waals surface area contributed by atoms with Gasteiger partial charge in [-0.3, -0.25) is 14.4 Å². The summed E-state index contributed by atoms with van der Waals surface area (Å²) in [7, 11) is 0. The summed E-state index contributed by atoms with van der Waals surface area (Å²) in [6, 6.07) is 4.79. The molecule has 31 heavy (non-hydrogen) atoms. The highest BCUT2D eigenvalue weighted by Crippen LogP contribution is 2.29. The van der Waals surface area contributed by atoms with E-state index in [1.54, 1.807) is 19.1 Å². The highest BCUT2D eigenvalue weighted by molar-refractivity contribution is 7.80. The molecule has 0 spiro atoms. The predicted octanol–water partition coefficient (Wildman–Crippen LogP) is 2.82. The van der Waals surface area contributed by atoms with Gasteiger partial charge in [0, 0.05) is 25.8 Å². The van der Waals surface area contributed by atoms with Crippen LogP contribution in [0, 0.1) is 0 Å². The number of ether oxygens (including phenoxy) is 4. The van der Waals surface area contributed by atoms with Gasteiger partial charge in [-0.2, -0.15) is 0 Å². The highest BCUT2D eigenvalue weighted by Gasteiger charge is 2.50. The Labute approximate surface area is 194 Å². The molecule has 2 N–H and O–H groups in total. The minimum atomic E-state index is -1.16. The molecule has 0 bridgehead atoms. The SMILES string of the molecule is CC(=O)O[C@@H]1[C@@H](OC(C)=O)[C@H](C)O[C@@H](NC(=S)Nc2ccc(Cl)cc2Cl)[C@@H]1OC(C)=O. The number of rotatable bonds is 5. The summed E-state index contributed by atoms with van der Waals surface area (Å²) in [5.74, 6) is -1.92. The quantitative estimate of drug-likeness (QED) is 0.361. The largest absolute Gasteiger partial charge is 0.456 e. The molecule has 0 unspecified atom stereocenters. The lowest BCUT2D eigenvalue weighted by Crippen LogP contribution is -2.65. The molecule has 1 heterocycles. The van der Waals surface area contributed by atoms with E-state index in [0.29, 0.717) is 15.7 Å². The summed E-state index contributed by atoms with van der Waals surface area (Å²) in [5, 5.41) is 6.63. The molecule has 2 rings (SSSR count). The van der Waals surface area contributed by atoms with Crippen molar-refractivity contribution in [3.05, 3.63) is 28.2 Å². The lowest BCUT2D eigenvalue weighted by atomic mass is 9.98. The third-order valence-corrected chi connectivity index (χ3v) is 4.90. The van der Waals surface area contributed by atoms with Crippen molar-refractivity contribution < 1.29 is 33.3 Å². The number of benzene rings is 1. The van der Waals surface area contributed by atoms with Gasteiger partial charge in [-0.05, 0) is 37.3 Å². The number of hydrogen-bond donors (Lipinski definition) is 2. The van der Waals surface area contributed by atoms with Crippen LogP contribution in [-0.2, 0) is 33.3 Å². The van der Waals surface area contributed by atoms with E-state index in [4.69, 9.17) is 54.4 Å². The van der Waals surface area contributed by atoms with E-state index < -0.39 is 48.6 Å². The summed E-state index contributed by atoms with van der Waals surface area (Å²) in [6.45, 7) is 5.20. The Balaban J connectivity index is 2.26. The Morgan fingerprint density at radius 2 is 1.52 bits per heavy atom. The smallest absolute Gasteiger partial charge is 0.303 e. The monoisotopic (exact) mass is 492 g/mol. The summed E-state index contributed by atoms with van der Waals surface area (Å²) >= 11 is 17.4. The highest BCUT2D eigenvalue weighted by atomic mass is 35.5. The fraction of sp³-hybridized carbons (Fsp3) is 0.474. The van der Waals surface area contributed by atoms with Crippen LogP contribution in [0.25, 0.3) is 0 Å². The number of carbonyl (C=O) groups excluding carboxylic acids is 3. The molecule has 5 atom stereocenters. The molecule has 0 saturated carbocycles. The van der Waals surface area contributed by atoms with Crippen LogP contribution in [0.4, 0.5) is 5.69 Å². The first-order valence-corrected chi connectivity index (χ1v) is 10.3. The molecular weight excluding hydrogens is 471 g/mol. The van der Waals surface area contributed by atoms with E-state index in [9.17, 15) is 14.4 Å². The maximum Gasteiger partial charge on any atom is 0.303 e. The molecule has 0 radical (unpaired) electrons. The Bertz CT molecular complexity index is 870. The second kappa shape index (κ2) is 10.9. The zero-order chi connectivity index (χ0) is 23.3. The molecule has 1 aromatic carbocycles. The molecule has 12 heteroatoms. The molecule has 1 aromatic rings. The molecule has 9 nitrogen and oxygen atoms in total. The molecule has 0 amide bonds. The van der Waals surface area contributed by atoms with Crippen molar-refractivity contribution in [1.29, 1.82) is 0 Å². The van der Waals surface area contributed by atoms with Gasteiger partial charge in [-0.1, -0.05) is 23.2 Å².